The van der Waals surface area contributed by atoms with Gasteiger partial charge in [-0.1, -0.05) is 16.6 Å². The molecular formula is C12H7F3N2OS. The van der Waals surface area contributed by atoms with E-state index in [0.29, 0.717) is 5.69 Å². The molecule has 19 heavy (non-hydrogen) atoms. The molecule has 1 aromatic carbocycles. The summed E-state index contributed by atoms with van der Waals surface area (Å²) in [6, 6.07) is 4.28. The van der Waals surface area contributed by atoms with Crippen molar-refractivity contribution in [2.24, 2.45) is 0 Å². The summed E-state index contributed by atoms with van der Waals surface area (Å²) in [5, 5.41) is 5.31. The molecule has 1 aromatic heterocycles. The number of alkyl halides is 3. The fraction of sp³-hybridized carbons (Fsp3) is 0.0833. The van der Waals surface area contributed by atoms with Crippen molar-refractivity contribution in [3.8, 4) is 0 Å². The first-order valence-electron chi connectivity index (χ1n) is 5.13. The highest BCUT2D eigenvalue weighted by Crippen LogP contribution is 2.29. The fourth-order valence-electron chi connectivity index (χ4n) is 1.35. The number of carbonyl (C=O) groups excluding carboxylic acids is 1. The van der Waals surface area contributed by atoms with Crippen LogP contribution in [0.15, 0.2) is 35.7 Å². The summed E-state index contributed by atoms with van der Waals surface area (Å²) in [5.74, 6) is -0.515. The van der Waals surface area contributed by atoms with E-state index in [1.807, 2.05) is 0 Å². The Kier molecular flexibility index (Phi) is 3.75. The van der Waals surface area contributed by atoms with Gasteiger partial charge in [-0.25, -0.2) is 0 Å². The summed E-state index contributed by atoms with van der Waals surface area (Å²) in [7, 11) is 0. The van der Waals surface area contributed by atoms with Crippen LogP contribution in [0.5, 0.6) is 0 Å². The van der Waals surface area contributed by atoms with Crippen LogP contribution >= 0.6 is 11.5 Å². The average Bonchev–Trinajstić information content (AvgIpc) is 2.88. The molecule has 0 amide bonds. The number of benzene rings is 1. The third-order valence-corrected chi connectivity index (χ3v) is 2.78. The zero-order chi connectivity index (χ0) is 13.9. The number of ketones is 1. The molecule has 0 aliphatic rings. The smallest absolute Gasteiger partial charge is 0.289 e. The van der Waals surface area contributed by atoms with E-state index in [0.717, 1.165) is 23.7 Å². The van der Waals surface area contributed by atoms with Gasteiger partial charge >= 0.3 is 6.18 Å². The molecule has 2 aromatic rings. The first-order valence-corrected chi connectivity index (χ1v) is 5.97. The van der Waals surface area contributed by atoms with Gasteiger partial charge in [-0.2, -0.15) is 13.2 Å². The molecule has 0 spiro atoms. The summed E-state index contributed by atoms with van der Waals surface area (Å²) in [6.07, 6.45) is -1.88. The van der Waals surface area contributed by atoms with Crippen LogP contribution in [0.4, 0.5) is 13.2 Å². The molecule has 0 aliphatic carbocycles. The van der Waals surface area contributed by atoms with Crippen molar-refractivity contribution >= 4 is 23.4 Å². The quantitative estimate of drug-likeness (QED) is 0.640. The topological polar surface area (TPSA) is 42.9 Å². The summed E-state index contributed by atoms with van der Waals surface area (Å²) in [6.45, 7) is 0. The molecule has 0 saturated heterocycles. The second-order valence-electron chi connectivity index (χ2n) is 3.61. The van der Waals surface area contributed by atoms with Crippen LogP contribution < -0.4 is 0 Å². The Morgan fingerprint density at radius 1 is 1.32 bits per heavy atom. The van der Waals surface area contributed by atoms with Crippen molar-refractivity contribution in [1.29, 1.82) is 0 Å². The maximum atomic E-state index is 12.5. The molecule has 1 heterocycles. The standard InChI is InChI=1S/C12H7F3N2OS/c13-12(14,15)9-3-1-2-8(6-9)11(18)5-4-10-7-19-17-16-10/h1-7H/b5-4-. The first-order chi connectivity index (χ1) is 8.97. The van der Waals surface area contributed by atoms with Gasteiger partial charge in [-0.15, -0.1) is 5.10 Å². The minimum atomic E-state index is -4.46. The SMILES string of the molecule is O=C(/C=C\c1csnn1)c1cccc(C(F)(F)F)c1. The van der Waals surface area contributed by atoms with Crippen LogP contribution in [0.1, 0.15) is 21.6 Å². The van der Waals surface area contributed by atoms with Crippen LogP contribution in [0.25, 0.3) is 6.08 Å². The molecule has 3 nitrogen and oxygen atoms in total. The van der Waals surface area contributed by atoms with Crippen molar-refractivity contribution in [2.45, 2.75) is 6.18 Å². The maximum absolute atomic E-state index is 12.5. The highest BCUT2D eigenvalue weighted by atomic mass is 32.1. The summed E-state index contributed by atoms with van der Waals surface area (Å²) < 4.78 is 41.1. The molecule has 0 N–H and O–H groups in total. The molecule has 0 saturated carbocycles. The Bertz CT molecular complexity index is 606. The largest absolute Gasteiger partial charge is 0.416 e. The molecule has 98 valence electrons. The number of aromatic nitrogens is 2. The number of halogens is 3. The van der Waals surface area contributed by atoms with Crippen molar-refractivity contribution in [3.05, 3.63) is 52.5 Å². The van der Waals surface area contributed by atoms with Gasteiger partial charge in [0, 0.05) is 10.9 Å². The summed E-state index contributed by atoms with van der Waals surface area (Å²) in [5.41, 5.74) is -0.373. The van der Waals surface area contributed by atoms with E-state index in [-0.39, 0.29) is 5.56 Å². The van der Waals surface area contributed by atoms with Crippen LogP contribution in [-0.2, 0) is 6.18 Å². The zero-order valence-corrected chi connectivity index (χ0v) is 10.2. The number of hydrogen-bond donors (Lipinski definition) is 0. The number of carbonyl (C=O) groups is 1. The Morgan fingerprint density at radius 2 is 2.11 bits per heavy atom. The summed E-state index contributed by atoms with van der Waals surface area (Å²) >= 11 is 1.12. The predicted octanol–water partition coefficient (Wildman–Crippen LogP) is 3.45. The Labute approximate surface area is 110 Å². The summed E-state index contributed by atoms with van der Waals surface area (Å²) in [4.78, 5) is 11.7. The van der Waals surface area contributed by atoms with E-state index in [4.69, 9.17) is 0 Å². The highest BCUT2D eigenvalue weighted by Gasteiger charge is 2.30. The molecule has 0 unspecified atom stereocenters. The molecule has 2 rings (SSSR count). The van der Waals surface area contributed by atoms with E-state index in [1.165, 1.54) is 24.3 Å². The number of hydrogen-bond acceptors (Lipinski definition) is 4. The highest BCUT2D eigenvalue weighted by molar-refractivity contribution is 7.03. The van der Waals surface area contributed by atoms with Crippen molar-refractivity contribution in [3.63, 3.8) is 0 Å². The molecule has 0 bridgehead atoms. The number of nitrogens with zero attached hydrogens (tertiary/aromatic N) is 2. The molecular weight excluding hydrogens is 277 g/mol. The fourth-order valence-corrected chi connectivity index (χ4v) is 1.77. The monoisotopic (exact) mass is 284 g/mol. The maximum Gasteiger partial charge on any atom is 0.416 e. The second kappa shape index (κ2) is 5.31. The van der Waals surface area contributed by atoms with Gasteiger partial charge in [0.1, 0.15) is 0 Å². The lowest BCUT2D eigenvalue weighted by atomic mass is 10.1. The van der Waals surface area contributed by atoms with Crippen LogP contribution in [-0.4, -0.2) is 15.4 Å². The Hall–Kier alpha value is -2.02. The van der Waals surface area contributed by atoms with E-state index in [2.05, 4.69) is 9.59 Å². The van der Waals surface area contributed by atoms with Gasteiger partial charge in [-0.3, -0.25) is 4.79 Å². The number of rotatable bonds is 3. The van der Waals surface area contributed by atoms with Gasteiger partial charge < -0.3 is 0 Å². The van der Waals surface area contributed by atoms with Crippen molar-refractivity contribution < 1.29 is 18.0 Å². The zero-order valence-electron chi connectivity index (χ0n) is 9.39. The Morgan fingerprint density at radius 3 is 2.74 bits per heavy atom. The van der Waals surface area contributed by atoms with Crippen molar-refractivity contribution in [2.75, 3.05) is 0 Å². The molecule has 0 radical (unpaired) electrons. The van der Waals surface area contributed by atoms with E-state index >= 15 is 0 Å². The molecule has 0 aliphatic heterocycles. The van der Waals surface area contributed by atoms with Gasteiger partial charge in [-0.05, 0) is 35.8 Å². The molecule has 0 atom stereocenters. The van der Waals surface area contributed by atoms with Gasteiger partial charge in [0.05, 0.1) is 11.3 Å². The molecule has 0 fully saturated rings. The van der Waals surface area contributed by atoms with Crippen LogP contribution in [0.2, 0.25) is 0 Å². The normalized spacial score (nSPS) is 11.9. The lowest BCUT2D eigenvalue weighted by Crippen LogP contribution is -2.06. The predicted molar refractivity (Wildman–Crippen MR) is 64.7 cm³/mol. The van der Waals surface area contributed by atoms with E-state index in [1.54, 1.807) is 5.38 Å². The average molecular weight is 284 g/mol. The third kappa shape index (κ3) is 3.47. The second-order valence-corrected chi connectivity index (χ2v) is 4.22. The minimum Gasteiger partial charge on any atom is -0.289 e. The first kappa shape index (κ1) is 13.4. The minimum absolute atomic E-state index is 0.0192. The lowest BCUT2D eigenvalue weighted by Gasteiger charge is -2.06. The van der Waals surface area contributed by atoms with Gasteiger partial charge in [0.15, 0.2) is 5.78 Å². The Balaban J connectivity index is 2.20. The van der Waals surface area contributed by atoms with E-state index in [9.17, 15) is 18.0 Å². The van der Waals surface area contributed by atoms with Crippen molar-refractivity contribution in [1.82, 2.24) is 9.59 Å². The van der Waals surface area contributed by atoms with Crippen LogP contribution in [0.3, 0.4) is 0 Å². The molecule has 7 heteroatoms. The third-order valence-electron chi connectivity index (χ3n) is 2.26. The van der Waals surface area contributed by atoms with E-state index < -0.39 is 17.5 Å². The lowest BCUT2D eigenvalue weighted by molar-refractivity contribution is -0.137. The number of allylic oxidation sites excluding steroid dienone is 1. The van der Waals surface area contributed by atoms with Gasteiger partial charge in [0.2, 0.25) is 0 Å². The van der Waals surface area contributed by atoms with Crippen LogP contribution in [0, 0.1) is 0 Å². The van der Waals surface area contributed by atoms with Gasteiger partial charge in [0.25, 0.3) is 0 Å².